The molecule has 0 bridgehead atoms. The van der Waals surface area contributed by atoms with Gasteiger partial charge in [-0.3, -0.25) is 4.79 Å². The van der Waals surface area contributed by atoms with Gasteiger partial charge in [-0.1, -0.05) is 12.8 Å². The van der Waals surface area contributed by atoms with Crippen LogP contribution in [0.25, 0.3) is 0 Å². The number of hydrogen-bond acceptors (Lipinski definition) is 5. The lowest BCUT2D eigenvalue weighted by atomic mass is 9.71. The van der Waals surface area contributed by atoms with Gasteiger partial charge >= 0.3 is 5.97 Å². The minimum atomic E-state index is -3.63. The molecule has 6 nitrogen and oxygen atoms in total. The third-order valence-electron chi connectivity index (χ3n) is 4.71. The van der Waals surface area contributed by atoms with Crippen LogP contribution in [0.5, 0.6) is 0 Å². The highest BCUT2D eigenvalue weighted by Crippen LogP contribution is 2.49. The van der Waals surface area contributed by atoms with E-state index in [1.54, 1.807) is 13.0 Å². The molecule has 1 aliphatic heterocycles. The van der Waals surface area contributed by atoms with Crippen LogP contribution in [0.1, 0.15) is 37.8 Å². The van der Waals surface area contributed by atoms with E-state index < -0.39 is 27.4 Å². The Labute approximate surface area is 128 Å². The predicted octanol–water partition coefficient (Wildman–Crippen LogP) is 1.86. The van der Waals surface area contributed by atoms with Crippen molar-refractivity contribution in [2.24, 2.45) is 5.41 Å². The smallest absolute Gasteiger partial charge is 0.311 e. The fraction of sp³-hybridized carbons (Fsp3) is 0.692. The molecular weight excluding hydrogens is 312 g/mol. The SMILES string of the molecule is Cc1cc(S(=O)(=O)N2CC[C@]3(C(=O)O)CCCC[C@H]23)sn1. The van der Waals surface area contributed by atoms with Crippen molar-refractivity contribution in [3.8, 4) is 0 Å². The average molecular weight is 330 g/mol. The van der Waals surface area contributed by atoms with E-state index in [-0.39, 0.29) is 10.8 Å². The molecule has 1 aromatic heterocycles. The van der Waals surface area contributed by atoms with Crippen LogP contribution in [0.4, 0.5) is 0 Å². The van der Waals surface area contributed by atoms with Crippen molar-refractivity contribution in [2.45, 2.75) is 49.3 Å². The highest BCUT2D eigenvalue weighted by Gasteiger charge is 2.57. The van der Waals surface area contributed by atoms with Crippen LogP contribution in [0.3, 0.4) is 0 Å². The number of carboxylic acid groups (broad SMARTS) is 1. The van der Waals surface area contributed by atoms with Gasteiger partial charge < -0.3 is 5.11 Å². The summed E-state index contributed by atoms with van der Waals surface area (Å²) in [6.07, 6.45) is 3.35. The first-order valence-electron chi connectivity index (χ1n) is 7.06. The monoisotopic (exact) mass is 330 g/mol. The molecule has 0 amide bonds. The predicted molar refractivity (Wildman–Crippen MR) is 77.7 cm³/mol. The molecule has 0 unspecified atom stereocenters. The Hall–Kier alpha value is -0.990. The molecule has 3 rings (SSSR count). The summed E-state index contributed by atoms with van der Waals surface area (Å²) in [7, 11) is -3.63. The van der Waals surface area contributed by atoms with Crippen LogP contribution in [-0.4, -0.2) is 40.8 Å². The second-order valence-corrected chi connectivity index (χ2v) is 8.80. The Morgan fingerprint density at radius 2 is 2.24 bits per heavy atom. The van der Waals surface area contributed by atoms with Gasteiger partial charge in [0.25, 0.3) is 10.0 Å². The number of carboxylic acids is 1. The summed E-state index contributed by atoms with van der Waals surface area (Å²) in [5.41, 5.74) is -0.226. The molecule has 0 spiro atoms. The lowest BCUT2D eigenvalue weighted by molar-refractivity contribution is -0.151. The van der Waals surface area contributed by atoms with Crippen LogP contribution < -0.4 is 0 Å². The highest BCUT2D eigenvalue weighted by atomic mass is 32.2. The zero-order valence-electron chi connectivity index (χ0n) is 11.8. The summed E-state index contributed by atoms with van der Waals surface area (Å²) in [4.78, 5) is 11.7. The lowest BCUT2D eigenvalue weighted by Crippen LogP contribution is -2.48. The first-order chi connectivity index (χ1) is 9.88. The topological polar surface area (TPSA) is 87.6 Å². The Morgan fingerprint density at radius 1 is 1.48 bits per heavy atom. The molecule has 0 radical (unpaired) electrons. The van der Waals surface area contributed by atoms with Gasteiger partial charge in [0.1, 0.15) is 0 Å². The first kappa shape index (κ1) is 14.9. The summed E-state index contributed by atoms with van der Waals surface area (Å²) in [5.74, 6) is -0.856. The lowest BCUT2D eigenvalue weighted by Gasteiger charge is -2.37. The first-order valence-corrected chi connectivity index (χ1v) is 9.28. The van der Waals surface area contributed by atoms with E-state index in [1.165, 1.54) is 4.31 Å². The molecule has 116 valence electrons. The standard InChI is InChI=1S/C13H18N2O4S2/c1-9-8-11(20-14-9)21(18,19)15-7-6-13(12(16)17)5-3-2-4-10(13)15/h8,10H,2-7H2,1H3,(H,16,17)/t10-,13+/m0/s1. The minimum absolute atomic E-state index is 0.215. The van der Waals surface area contributed by atoms with Crippen LogP contribution in [0.15, 0.2) is 10.3 Å². The molecule has 2 atom stereocenters. The number of aryl methyl sites for hydroxylation is 1. The van der Waals surface area contributed by atoms with Crippen molar-refractivity contribution in [2.75, 3.05) is 6.54 Å². The number of fused-ring (bicyclic) bond motifs is 1. The Balaban J connectivity index is 1.99. The van der Waals surface area contributed by atoms with Crippen molar-refractivity contribution in [3.63, 3.8) is 0 Å². The highest BCUT2D eigenvalue weighted by molar-refractivity contribution is 7.91. The molecule has 8 heteroatoms. The molecule has 21 heavy (non-hydrogen) atoms. The summed E-state index contributed by atoms with van der Waals surface area (Å²) >= 11 is 0.963. The Bertz CT molecular complexity index is 669. The number of nitrogens with zero attached hydrogens (tertiary/aromatic N) is 2. The maximum absolute atomic E-state index is 12.8. The molecular formula is C13H18N2O4S2. The zero-order valence-corrected chi connectivity index (χ0v) is 13.4. The summed E-state index contributed by atoms with van der Waals surface area (Å²) in [5, 5.41) is 9.63. The number of carbonyl (C=O) groups is 1. The maximum atomic E-state index is 12.8. The third-order valence-corrected chi connectivity index (χ3v) is 7.92. The fourth-order valence-electron chi connectivity index (χ4n) is 3.62. The summed E-state index contributed by atoms with van der Waals surface area (Å²) in [6.45, 7) is 2.04. The van der Waals surface area contributed by atoms with Crippen LogP contribution in [0.2, 0.25) is 0 Å². The largest absolute Gasteiger partial charge is 0.481 e. The second kappa shape index (κ2) is 5.03. The van der Waals surface area contributed by atoms with Crippen LogP contribution in [0, 0.1) is 12.3 Å². The van der Waals surface area contributed by atoms with E-state index >= 15 is 0 Å². The number of sulfonamides is 1. The quantitative estimate of drug-likeness (QED) is 0.914. The van der Waals surface area contributed by atoms with Crippen molar-refractivity contribution in [3.05, 3.63) is 11.8 Å². The van der Waals surface area contributed by atoms with Gasteiger partial charge in [-0.25, -0.2) is 8.42 Å². The van der Waals surface area contributed by atoms with Gasteiger partial charge in [-0.15, -0.1) is 0 Å². The van der Waals surface area contributed by atoms with Gasteiger partial charge in [0.15, 0.2) is 4.21 Å². The summed E-state index contributed by atoms with van der Waals surface area (Å²) < 4.78 is 31.2. The number of rotatable bonds is 3. The van der Waals surface area contributed by atoms with Gasteiger partial charge in [-0.05, 0) is 43.8 Å². The van der Waals surface area contributed by atoms with E-state index in [4.69, 9.17) is 0 Å². The Morgan fingerprint density at radius 3 is 2.86 bits per heavy atom. The third kappa shape index (κ3) is 2.20. The summed E-state index contributed by atoms with van der Waals surface area (Å²) in [6, 6.07) is 1.14. The van der Waals surface area contributed by atoms with Crippen molar-refractivity contribution < 1.29 is 18.3 Å². The zero-order chi connectivity index (χ0) is 15.3. The van der Waals surface area contributed by atoms with Gasteiger partial charge in [0.05, 0.1) is 11.1 Å². The van der Waals surface area contributed by atoms with Crippen molar-refractivity contribution >= 4 is 27.5 Å². The molecule has 1 N–H and O–H groups in total. The normalized spacial score (nSPS) is 30.2. The fourth-order valence-corrected chi connectivity index (χ4v) is 6.43. The maximum Gasteiger partial charge on any atom is 0.311 e. The molecule has 1 aliphatic carbocycles. The van der Waals surface area contributed by atoms with Gasteiger partial charge in [0, 0.05) is 12.6 Å². The number of aromatic nitrogens is 1. The minimum Gasteiger partial charge on any atom is -0.481 e. The molecule has 1 aromatic rings. The van der Waals surface area contributed by atoms with E-state index in [9.17, 15) is 18.3 Å². The number of hydrogen-bond donors (Lipinski definition) is 1. The van der Waals surface area contributed by atoms with E-state index in [2.05, 4.69) is 4.37 Å². The van der Waals surface area contributed by atoms with E-state index in [1.807, 2.05) is 0 Å². The molecule has 2 heterocycles. The van der Waals surface area contributed by atoms with E-state index in [0.29, 0.717) is 25.0 Å². The van der Waals surface area contributed by atoms with Crippen molar-refractivity contribution in [1.29, 1.82) is 0 Å². The molecule has 1 saturated heterocycles. The second-order valence-electron chi connectivity index (χ2n) is 5.88. The Kier molecular flexibility index (Phi) is 3.58. The number of aliphatic carboxylic acids is 1. The average Bonchev–Trinajstić information content (AvgIpc) is 3.03. The van der Waals surface area contributed by atoms with Crippen molar-refractivity contribution in [1.82, 2.24) is 8.68 Å². The van der Waals surface area contributed by atoms with Gasteiger partial charge in [-0.2, -0.15) is 8.68 Å². The molecule has 2 fully saturated rings. The van der Waals surface area contributed by atoms with Crippen LogP contribution in [-0.2, 0) is 14.8 Å². The molecule has 2 aliphatic rings. The molecule has 1 saturated carbocycles. The van der Waals surface area contributed by atoms with E-state index in [0.717, 1.165) is 24.4 Å². The molecule has 0 aromatic carbocycles. The van der Waals surface area contributed by atoms with Crippen LogP contribution >= 0.6 is 11.5 Å². The van der Waals surface area contributed by atoms with Gasteiger partial charge in [0.2, 0.25) is 0 Å².